The summed E-state index contributed by atoms with van der Waals surface area (Å²) in [5, 5.41) is 2.24. The van der Waals surface area contributed by atoms with E-state index in [1.54, 1.807) is 66.5 Å². The van der Waals surface area contributed by atoms with Gasteiger partial charge in [-0.1, -0.05) is 18.2 Å². The molecule has 0 aromatic heterocycles. The number of carbonyl (C=O) groups is 4. The van der Waals surface area contributed by atoms with Crippen LogP contribution in [-0.2, 0) is 16.0 Å². The monoisotopic (exact) mass is 653 g/mol. The number of amides is 5. The van der Waals surface area contributed by atoms with E-state index in [1.165, 1.54) is 13.2 Å². The number of rotatable bonds is 7. The minimum absolute atomic E-state index is 0.0218. The van der Waals surface area contributed by atoms with Gasteiger partial charge in [0.25, 0.3) is 17.7 Å². The number of ether oxygens (including phenoxy) is 3. The molecule has 0 aliphatic carbocycles. The van der Waals surface area contributed by atoms with Crippen molar-refractivity contribution in [1.29, 1.82) is 0 Å². The van der Waals surface area contributed by atoms with E-state index in [-0.39, 0.29) is 24.0 Å². The molecule has 1 saturated heterocycles. The molecule has 3 aromatic rings. The third-order valence-corrected chi connectivity index (χ3v) is 7.23. The molecule has 3 aromatic carbocycles. The van der Waals surface area contributed by atoms with Crippen molar-refractivity contribution in [3.63, 3.8) is 0 Å². The molecule has 1 N–H and O–H groups in total. The molecule has 40 heavy (non-hydrogen) atoms. The van der Waals surface area contributed by atoms with Gasteiger partial charge in [0.15, 0.2) is 11.5 Å². The summed E-state index contributed by atoms with van der Waals surface area (Å²) in [5.41, 5.74) is 1.67. The average molecular weight is 653 g/mol. The van der Waals surface area contributed by atoms with Gasteiger partial charge in [0.1, 0.15) is 5.57 Å². The topological polar surface area (TPSA) is 114 Å². The summed E-state index contributed by atoms with van der Waals surface area (Å²) in [6, 6.07) is 16.6. The Bertz CT molecular complexity index is 1540. The summed E-state index contributed by atoms with van der Waals surface area (Å²) in [6.07, 6.45) is 1.73. The zero-order chi connectivity index (χ0) is 28.4. The first-order valence-electron chi connectivity index (χ1n) is 12.3. The number of methoxy groups -OCH3 is 1. The molecule has 204 valence electrons. The average Bonchev–Trinajstić information content (AvgIpc) is 3.43. The molecule has 5 rings (SSSR count). The van der Waals surface area contributed by atoms with Crippen molar-refractivity contribution >= 4 is 58.1 Å². The van der Waals surface area contributed by atoms with Crippen LogP contribution in [0.2, 0.25) is 0 Å². The Morgan fingerprint density at radius 3 is 2.52 bits per heavy atom. The van der Waals surface area contributed by atoms with Crippen LogP contribution in [0.4, 0.5) is 10.5 Å². The van der Waals surface area contributed by atoms with Crippen molar-refractivity contribution in [3.05, 3.63) is 86.5 Å². The Morgan fingerprint density at radius 2 is 1.82 bits per heavy atom. The van der Waals surface area contributed by atoms with E-state index < -0.39 is 17.8 Å². The Kier molecular flexibility index (Phi) is 7.74. The fraction of sp³-hybridized carbons (Fsp3) is 0.172. The molecular formula is C29H24IN3O7. The molecule has 0 radical (unpaired) electrons. The number of anilines is 1. The van der Waals surface area contributed by atoms with Crippen LogP contribution in [0, 0.1) is 3.57 Å². The number of imide groups is 2. The van der Waals surface area contributed by atoms with Crippen LogP contribution in [-0.4, -0.2) is 56.1 Å². The van der Waals surface area contributed by atoms with Gasteiger partial charge in [-0.3, -0.25) is 19.7 Å². The molecule has 10 nitrogen and oxygen atoms in total. The zero-order valence-electron chi connectivity index (χ0n) is 21.6. The lowest BCUT2D eigenvalue weighted by molar-refractivity contribution is -0.122. The van der Waals surface area contributed by atoms with Crippen LogP contribution in [0.15, 0.2) is 66.2 Å². The number of hydrogen-bond donors (Lipinski definition) is 1. The number of halogens is 1. The van der Waals surface area contributed by atoms with Crippen molar-refractivity contribution in [2.75, 3.05) is 32.4 Å². The predicted octanol–water partition coefficient (Wildman–Crippen LogP) is 4.01. The van der Waals surface area contributed by atoms with Gasteiger partial charge in [-0.2, -0.15) is 0 Å². The van der Waals surface area contributed by atoms with Crippen molar-refractivity contribution in [3.8, 4) is 17.2 Å². The molecule has 0 atom stereocenters. The molecule has 1 fully saturated rings. The van der Waals surface area contributed by atoms with E-state index in [1.807, 2.05) is 6.07 Å². The third kappa shape index (κ3) is 5.24. The van der Waals surface area contributed by atoms with Gasteiger partial charge in [-0.25, -0.2) is 9.69 Å². The Labute approximate surface area is 243 Å². The standard InChI is InChI=1S/C29H24IN3O7/c1-32(27(35)17-6-4-3-5-7-17)13-12-18-14-23-25(40-16-39-23)24(38-2)21(18)15-22-26(34)31-29(37)33(28(22)36)20-10-8-19(30)9-11-20/h3-11,14-15H,12-13,16H2,1-2H3,(H,31,34,37)/b22-15-. The molecule has 2 aliphatic heterocycles. The van der Waals surface area contributed by atoms with Crippen LogP contribution in [0.3, 0.4) is 0 Å². The lowest BCUT2D eigenvalue weighted by Gasteiger charge is -2.27. The second kappa shape index (κ2) is 11.4. The van der Waals surface area contributed by atoms with Crippen molar-refractivity contribution < 1.29 is 33.4 Å². The van der Waals surface area contributed by atoms with Gasteiger partial charge < -0.3 is 19.1 Å². The number of fused-ring (bicyclic) bond motifs is 1. The number of likely N-dealkylation sites (N-methyl/N-ethyl adjacent to an activating group) is 1. The Hall–Kier alpha value is -4.39. The molecule has 11 heteroatoms. The second-order valence-electron chi connectivity index (χ2n) is 8.99. The maximum Gasteiger partial charge on any atom is 0.335 e. The quantitative estimate of drug-likeness (QED) is 0.233. The Balaban J connectivity index is 1.52. The van der Waals surface area contributed by atoms with E-state index in [9.17, 15) is 19.2 Å². The highest BCUT2D eigenvalue weighted by atomic mass is 127. The highest BCUT2D eigenvalue weighted by Crippen LogP contribution is 2.46. The van der Waals surface area contributed by atoms with Gasteiger partial charge >= 0.3 is 6.03 Å². The van der Waals surface area contributed by atoms with Gasteiger partial charge in [-0.15, -0.1) is 0 Å². The molecule has 0 bridgehead atoms. The fourth-order valence-electron chi connectivity index (χ4n) is 4.46. The molecular weight excluding hydrogens is 629 g/mol. The highest BCUT2D eigenvalue weighted by Gasteiger charge is 2.37. The van der Waals surface area contributed by atoms with Crippen LogP contribution in [0.1, 0.15) is 21.5 Å². The van der Waals surface area contributed by atoms with E-state index in [2.05, 4.69) is 27.9 Å². The highest BCUT2D eigenvalue weighted by molar-refractivity contribution is 14.1. The summed E-state index contributed by atoms with van der Waals surface area (Å²) in [6.45, 7) is 0.298. The maximum atomic E-state index is 13.5. The number of nitrogens with one attached hydrogen (secondary N) is 1. The SMILES string of the molecule is COc1c(/C=C2/C(=O)NC(=O)N(c3ccc(I)cc3)C2=O)c(CCN(C)C(=O)c2ccccc2)cc2c1OCO2. The largest absolute Gasteiger partial charge is 0.492 e. The normalized spacial score (nSPS) is 15.3. The van der Waals surface area contributed by atoms with Crippen molar-refractivity contribution in [1.82, 2.24) is 10.2 Å². The number of hydrogen-bond acceptors (Lipinski definition) is 7. The summed E-state index contributed by atoms with van der Waals surface area (Å²) in [4.78, 5) is 54.5. The Morgan fingerprint density at radius 1 is 1.10 bits per heavy atom. The minimum atomic E-state index is -0.840. The number of benzene rings is 3. The van der Waals surface area contributed by atoms with Gasteiger partial charge in [0.2, 0.25) is 12.5 Å². The lowest BCUT2D eigenvalue weighted by atomic mass is 9.97. The molecule has 5 amide bonds. The van der Waals surface area contributed by atoms with Gasteiger partial charge in [0.05, 0.1) is 12.8 Å². The molecule has 0 unspecified atom stereocenters. The van der Waals surface area contributed by atoms with Gasteiger partial charge in [-0.05, 0) is 83.1 Å². The van der Waals surface area contributed by atoms with Crippen molar-refractivity contribution in [2.24, 2.45) is 0 Å². The number of nitrogens with zero attached hydrogens (tertiary/aromatic N) is 2. The lowest BCUT2D eigenvalue weighted by Crippen LogP contribution is -2.54. The van der Waals surface area contributed by atoms with Crippen LogP contribution in [0.25, 0.3) is 6.08 Å². The molecule has 2 heterocycles. The van der Waals surface area contributed by atoms with Gasteiger partial charge in [0, 0.05) is 28.3 Å². The maximum absolute atomic E-state index is 13.5. The first-order valence-corrected chi connectivity index (χ1v) is 13.3. The van der Waals surface area contributed by atoms with E-state index in [0.717, 1.165) is 8.47 Å². The van der Waals surface area contributed by atoms with E-state index in [4.69, 9.17) is 14.2 Å². The summed E-state index contributed by atoms with van der Waals surface area (Å²) in [5.74, 6) is -0.715. The third-order valence-electron chi connectivity index (χ3n) is 6.51. The van der Waals surface area contributed by atoms with Crippen molar-refractivity contribution in [2.45, 2.75) is 6.42 Å². The zero-order valence-corrected chi connectivity index (χ0v) is 23.8. The van der Waals surface area contributed by atoms with Crippen LogP contribution < -0.4 is 24.4 Å². The first kappa shape index (κ1) is 27.2. The molecule has 2 aliphatic rings. The first-order chi connectivity index (χ1) is 19.3. The summed E-state index contributed by atoms with van der Waals surface area (Å²) in [7, 11) is 3.14. The minimum Gasteiger partial charge on any atom is -0.492 e. The number of urea groups is 1. The van der Waals surface area contributed by atoms with E-state index in [0.29, 0.717) is 46.8 Å². The summed E-state index contributed by atoms with van der Waals surface area (Å²) >= 11 is 2.12. The summed E-state index contributed by atoms with van der Waals surface area (Å²) < 4.78 is 17.8. The molecule has 0 spiro atoms. The van der Waals surface area contributed by atoms with Crippen LogP contribution in [0.5, 0.6) is 17.2 Å². The van der Waals surface area contributed by atoms with Crippen LogP contribution >= 0.6 is 22.6 Å². The number of carbonyl (C=O) groups excluding carboxylic acids is 4. The number of barbiturate groups is 1. The fourth-order valence-corrected chi connectivity index (χ4v) is 4.82. The predicted molar refractivity (Wildman–Crippen MR) is 154 cm³/mol. The molecule has 0 saturated carbocycles. The second-order valence-corrected chi connectivity index (χ2v) is 10.2. The smallest absolute Gasteiger partial charge is 0.335 e. The van der Waals surface area contributed by atoms with E-state index >= 15 is 0 Å².